The number of hydrogen-bond donors (Lipinski definition) is 1. The number of halogens is 1. The molecule has 9 nitrogen and oxygen atoms in total. The minimum atomic E-state index is -4.27. The Balaban J connectivity index is 1.48. The van der Waals surface area contributed by atoms with Gasteiger partial charge in [0.05, 0.1) is 25.9 Å². The SMILES string of the molecule is COc1ccc(F)cc1S(=O)(=O)N(C)CC(=O)N1CC(C(=O)NCCc2ccccc2)Oc2ccccc21. The number of benzene rings is 3. The Morgan fingerprint density at radius 1 is 1.11 bits per heavy atom. The first-order chi connectivity index (χ1) is 18.2. The van der Waals surface area contributed by atoms with Crippen molar-refractivity contribution in [3.63, 3.8) is 0 Å². The summed E-state index contributed by atoms with van der Waals surface area (Å²) in [5.41, 5.74) is 1.48. The number of nitrogens with one attached hydrogen (secondary N) is 1. The number of carbonyl (C=O) groups is 2. The van der Waals surface area contributed by atoms with E-state index in [0.29, 0.717) is 24.4 Å². The zero-order valence-electron chi connectivity index (χ0n) is 21.0. The first-order valence-corrected chi connectivity index (χ1v) is 13.3. The summed E-state index contributed by atoms with van der Waals surface area (Å²) in [6.45, 7) is -0.280. The van der Waals surface area contributed by atoms with Gasteiger partial charge in [-0.1, -0.05) is 42.5 Å². The van der Waals surface area contributed by atoms with Gasteiger partial charge in [-0.15, -0.1) is 0 Å². The molecule has 0 saturated heterocycles. The van der Waals surface area contributed by atoms with Crippen molar-refractivity contribution in [1.82, 2.24) is 9.62 Å². The van der Waals surface area contributed by atoms with E-state index in [9.17, 15) is 22.4 Å². The third-order valence-corrected chi connectivity index (χ3v) is 7.92. The summed E-state index contributed by atoms with van der Waals surface area (Å²) < 4.78 is 51.9. The van der Waals surface area contributed by atoms with E-state index >= 15 is 0 Å². The van der Waals surface area contributed by atoms with Crippen LogP contribution in [0.1, 0.15) is 5.56 Å². The van der Waals surface area contributed by atoms with Crippen LogP contribution in [0.15, 0.2) is 77.7 Å². The van der Waals surface area contributed by atoms with E-state index in [1.54, 1.807) is 24.3 Å². The molecule has 0 aromatic heterocycles. The predicted molar refractivity (Wildman–Crippen MR) is 139 cm³/mol. The Morgan fingerprint density at radius 2 is 1.82 bits per heavy atom. The molecule has 0 bridgehead atoms. The zero-order chi connectivity index (χ0) is 27.3. The molecule has 3 aromatic rings. The lowest BCUT2D eigenvalue weighted by molar-refractivity contribution is -0.128. The van der Waals surface area contributed by atoms with Crippen molar-refractivity contribution >= 4 is 27.5 Å². The summed E-state index contributed by atoms with van der Waals surface area (Å²) in [5.74, 6) is -1.45. The third kappa shape index (κ3) is 5.95. The molecule has 1 heterocycles. The first-order valence-electron chi connectivity index (χ1n) is 11.9. The topological polar surface area (TPSA) is 105 Å². The van der Waals surface area contributed by atoms with Gasteiger partial charge in [0.25, 0.3) is 5.91 Å². The van der Waals surface area contributed by atoms with Crippen molar-refractivity contribution in [3.8, 4) is 11.5 Å². The van der Waals surface area contributed by atoms with E-state index in [-0.39, 0.29) is 12.3 Å². The maximum absolute atomic E-state index is 13.8. The highest BCUT2D eigenvalue weighted by Crippen LogP contribution is 2.34. The van der Waals surface area contributed by atoms with Gasteiger partial charge in [0.1, 0.15) is 22.2 Å². The van der Waals surface area contributed by atoms with Crippen LogP contribution in [0.25, 0.3) is 0 Å². The summed E-state index contributed by atoms with van der Waals surface area (Å²) >= 11 is 0. The van der Waals surface area contributed by atoms with Gasteiger partial charge >= 0.3 is 0 Å². The Bertz CT molecular complexity index is 1420. The summed E-state index contributed by atoms with van der Waals surface area (Å²) in [4.78, 5) is 27.2. The van der Waals surface area contributed by atoms with Crippen molar-refractivity contribution in [3.05, 3.63) is 84.2 Å². The highest BCUT2D eigenvalue weighted by Gasteiger charge is 2.35. The largest absolute Gasteiger partial charge is 0.495 e. The van der Waals surface area contributed by atoms with Crippen molar-refractivity contribution in [2.75, 3.05) is 38.7 Å². The second kappa shape index (κ2) is 11.6. The van der Waals surface area contributed by atoms with Crippen LogP contribution in [0.4, 0.5) is 10.1 Å². The van der Waals surface area contributed by atoms with Gasteiger partial charge in [-0.25, -0.2) is 12.8 Å². The fourth-order valence-electron chi connectivity index (χ4n) is 4.08. The second-order valence-corrected chi connectivity index (χ2v) is 10.7. The van der Waals surface area contributed by atoms with Crippen LogP contribution in [0.5, 0.6) is 11.5 Å². The van der Waals surface area contributed by atoms with E-state index in [0.717, 1.165) is 22.0 Å². The lowest BCUT2D eigenvalue weighted by Crippen LogP contribution is -2.52. The van der Waals surface area contributed by atoms with Crippen LogP contribution in [0.3, 0.4) is 0 Å². The number of anilines is 1. The van der Waals surface area contributed by atoms with Gasteiger partial charge in [0.15, 0.2) is 6.10 Å². The van der Waals surface area contributed by atoms with Gasteiger partial charge in [0.2, 0.25) is 15.9 Å². The molecule has 1 atom stereocenters. The van der Waals surface area contributed by atoms with E-state index in [1.165, 1.54) is 25.1 Å². The fraction of sp³-hybridized carbons (Fsp3) is 0.259. The summed E-state index contributed by atoms with van der Waals surface area (Å²) in [7, 11) is -1.78. The minimum absolute atomic E-state index is 0.0466. The number of fused-ring (bicyclic) bond motifs is 1. The number of sulfonamides is 1. The molecule has 0 spiro atoms. The number of methoxy groups -OCH3 is 1. The van der Waals surface area contributed by atoms with Crippen LogP contribution in [0.2, 0.25) is 0 Å². The van der Waals surface area contributed by atoms with Crippen molar-refractivity contribution in [2.24, 2.45) is 0 Å². The van der Waals surface area contributed by atoms with Crippen LogP contribution in [-0.4, -0.2) is 64.4 Å². The molecule has 1 aliphatic rings. The minimum Gasteiger partial charge on any atom is -0.495 e. The molecule has 0 saturated carbocycles. The number of carbonyl (C=O) groups excluding carboxylic acids is 2. The van der Waals surface area contributed by atoms with Crippen molar-refractivity contribution in [2.45, 2.75) is 17.4 Å². The molecule has 3 aromatic carbocycles. The highest BCUT2D eigenvalue weighted by molar-refractivity contribution is 7.89. The maximum atomic E-state index is 13.8. The van der Waals surface area contributed by atoms with Gasteiger partial charge in [0, 0.05) is 13.6 Å². The van der Waals surface area contributed by atoms with Crippen LogP contribution < -0.4 is 19.7 Å². The van der Waals surface area contributed by atoms with Gasteiger partial charge in [-0.2, -0.15) is 4.31 Å². The lowest BCUT2D eigenvalue weighted by atomic mass is 10.1. The Labute approximate surface area is 220 Å². The highest BCUT2D eigenvalue weighted by atomic mass is 32.2. The van der Waals surface area contributed by atoms with E-state index < -0.39 is 45.2 Å². The van der Waals surface area contributed by atoms with Crippen LogP contribution in [-0.2, 0) is 26.0 Å². The fourth-order valence-corrected chi connectivity index (χ4v) is 5.36. The quantitative estimate of drug-likeness (QED) is 0.447. The molecule has 0 fully saturated rings. The number of ether oxygens (including phenoxy) is 2. The Hall–Kier alpha value is -3.96. The summed E-state index contributed by atoms with van der Waals surface area (Å²) in [6.07, 6.45) is -0.361. The van der Waals surface area contributed by atoms with Crippen molar-refractivity contribution < 1.29 is 31.9 Å². The van der Waals surface area contributed by atoms with Crippen LogP contribution >= 0.6 is 0 Å². The zero-order valence-corrected chi connectivity index (χ0v) is 21.8. The summed E-state index contributed by atoms with van der Waals surface area (Å²) in [5, 5.41) is 2.84. The Morgan fingerprint density at radius 3 is 2.55 bits per heavy atom. The normalized spacial score (nSPS) is 14.9. The lowest BCUT2D eigenvalue weighted by Gasteiger charge is -2.35. The number of nitrogens with zero attached hydrogens (tertiary/aromatic N) is 2. The molecule has 0 radical (unpaired) electrons. The van der Waals surface area contributed by atoms with Gasteiger partial charge < -0.3 is 19.7 Å². The molecule has 2 amide bonds. The van der Waals surface area contributed by atoms with E-state index in [1.807, 2.05) is 30.3 Å². The standard InChI is InChI=1S/C27H28FN3O6S/c1-30(38(34,35)25-16-20(28)12-13-23(25)36-2)18-26(32)31-17-24(37-22-11-7-6-10-21(22)31)27(33)29-15-14-19-8-4-3-5-9-19/h3-13,16,24H,14-15,17-18H2,1-2H3,(H,29,33). The van der Waals surface area contributed by atoms with Crippen molar-refractivity contribution in [1.29, 1.82) is 0 Å². The number of likely N-dealkylation sites (N-methyl/N-ethyl adjacent to an activating group) is 1. The average Bonchev–Trinajstić information content (AvgIpc) is 2.92. The maximum Gasteiger partial charge on any atom is 0.262 e. The molecular weight excluding hydrogens is 513 g/mol. The monoisotopic (exact) mass is 541 g/mol. The smallest absolute Gasteiger partial charge is 0.262 e. The molecule has 38 heavy (non-hydrogen) atoms. The van der Waals surface area contributed by atoms with Gasteiger partial charge in [-0.3, -0.25) is 9.59 Å². The van der Waals surface area contributed by atoms with Gasteiger partial charge in [-0.05, 0) is 42.3 Å². The second-order valence-electron chi connectivity index (χ2n) is 8.66. The molecule has 0 aliphatic carbocycles. The molecule has 11 heteroatoms. The molecule has 200 valence electrons. The van der Waals surface area contributed by atoms with Crippen LogP contribution in [0, 0.1) is 5.82 Å². The third-order valence-electron chi connectivity index (χ3n) is 6.09. The number of hydrogen-bond acceptors (Lipinski definition) is 6. The molecular formula is C27H28FN3O6S. The average molecular weight is 542 g/mol. The predicted octanol–water partition coefficient (Wildman–Crippen LogP) is 2.61. The number of rotatable bonds is 9. The molecule has 1 unspecified atom stereocenters. The Kier molecular flexibility index (Phi) is 8.28. The number of amides is 2. The molecule has 4 rings (SSSR count). The first kappa shape index (κ1) is 27.1. The molecule has 1 N–H and O–H groups in total. The van der Waals surface area contributed by atoms with E-state index in [4.69, 9.17) is 9.47 Å². The molecule has 1 aliphatic heterocycles. The summed E-state index contributed by atoms with van der Waals surface area (Å²) in [6, 6.07) is 19.5. The number of para-hydroxylation sites is 2. The van der Waals surface area contributed by atoms with E-state index in [2.05, 4.69) is 5.32 Å².